The Morgan fingerprint density at radius 2 is 1.96 bits per heavy atom. The van der Waals surface area contributed by atoms with Crippen molar-refractivity contribution in [2.24, 2.45) is 16.3 Å². The fourth-order valence-electron chi connectivity index (χ4n) is 4.41. The number of aryl methyl sites for hydroxylation is 2. The molecule has 0 amide bonds. The molecule has 2 aliphatic rings. The molecule has 0 spiro atoms. The monoisotopic (exact) mass is 321 g/mol. The molecule has 0 N–H and O–H groups in total. The van der Waals surface area contributed by atoms with Gasteiger partial charge in [0, 0.05) is 23.3 Å². The Hall–Kier alpha value is -2.16. The van der Waals surface area contributed by atoms with Crippen molar-refractivity contribution in [1.29, 1.82) is 0 Å². The summed E-state index contributed by atoms with van der Waals surface area (Å²) >= 11 is 0. The van der Waals surface area contributed by atoms with Gasteiger partial charge >= 0.3 is 0 Å². The van der Waals surface area contributed by atoms with E-state index in [0.717, 1.165) is 53.1 Å². The number of furan rings is 1. The van der Waals surface area contributed by atoms with Gasteiger partial charge in [-0.25, -0.2) is 4.99 Å². The zero-order chi connectivity index (χ0) is 16.9. The van der Waals surface area contributed by atoms with E-state index in [-0.39, 0.29) is 11.3 Å². The molecule has 0 aliphatic heterocycles. The Morgan fingerprint density at radius 3 is 2.71 bits per heavy atom. The molecular formula is C21H23NO2. The summed E-state index contributed by atoms with van der Waals surface area (Å²) in [7, 11) is 0. The van der Waals surface area contributed by atoms with Crippen LogP contribution in [0.4, 0.5) is 5.69 Å². The summed E-state index contributed by atoms with van der Waals surface area (Å²) in [5.74, 6) is 1.29. The minimum Gasteiger partial charge on any atom is -0.463 e. The maximum Gasteiger partial charge on any atom is 0.151 e. The van der Waals surface area contributed by atoms with Gasteiger partial charge in [-0.3, -0.25) is 4.79 Å². The highest BCUT2D eigenvalue weighted by atomic mass is 16.3. The molecule has 0 radical (unpaired) electrons. The summed E-state index contributed by atoms with van der Waals surface area (Å²) in [5.41, 5.74) is 5.18. The molecule has 0 unspecified atom stereocenters. The van der Waals surface area contributed by atoms with Gasteiger partial charge in [-0.05, 0) is 50.3 Å². The van der Waals surface area contributed by atoms with Gasteiger partial charge in [-0.2, -0.15) is 0 Å². The molecule has 2 aromatic rings. The highest BCUT2D eigenvalue weighted by molar-refractivity contribution is 6.09. The second kappa shape index (κ2) is 5.44. The van der Waals surface area contributed by atoms with Gasteiger partial charge in [-0.1, -0.05) is 25.1 Å². The van der Waals surface area contributed by atoms with E-state index in [1.54, 1.807) is 6.26 Å². The SMILES string of the molecule is Cc1cccc(C)c1N=C1c2occc2C[C@H]2C(=O)CCC[C@@]12C. The molecule has 24 heavy (non-hydrogen) atoms. The van der Waals surface area contributed by atoms with Crippen LogP contribution < -0.4 is 0 Å². The molecular weight excluding hydrogens is 298 g/mol. The minimum atomic E-state index is -0.227. The van der Waals surface area contributed by atoms with Crippen LogP contribution in [0.25, 0.3) is 0 Å². The number of Topliss-reactive ketones (excluding diaryl/α,β-unsaturated/α-hetero) is 1. The molecule has 1 aromatic heterocycles. The average Bonchev–Trinajstić information content (AvgIpc) is 2.99. The van der Waals surface area contributed by atoms with E-state index in [1.165, 1.54) is 0 Å². The number of aliphatic imine (C=N–C) groups is 1. The third kappa shape index (κ3) is 2.18. The average molecular weight is 321 g/mol. The first-order chi connectivity index (χ1) is 11.5. The molecule has 2 aliphatic carbocycles. The van der Waals surface area contributed by atoms with Crippen LogP contribution in [0.2, 0.25) is 0 Å². The first kappa shape index (κ1) is 15.4. The van der Waals surface area contributed by atoms with Crippen LogP contribution in [0.3, 0.4) is 0 Å². The molecule has 0 bridgehead atoms. The lowest BCUT2D eigenvalue weighted by Gasteiger charge is -2.43. The molecule has 4 rings (SSSR count). The van der Waals surface area contributed by atoms with Gasteiger partial charge in [0.2, 0.25) is 0 Å². The predicted octanol–water partition coefficient (Wildman–Crippen LogP) is 4.95. The van der Waals surface area contributed by atoms with E-state index in [0.29, 0.717) is 12.2 Å². The van der Waals surface area contributed by atoms with Crippen molar-refractivity contribution in [3.8, 4) is 0 Å². The van der Waals surface area contributed by atoms with Gasteiger partial charge in [-0.15, -0.1) is 0 Å². The van der Waals surface area contributed by atoms with E-state index in [1.807, 2.05) is 6.07 Å². The van der Waals surface area contributed by atoms with Crippen molar-refractivity contribution < 1.29 is 9.21 Å². The standard InChI is InChI=1S/C21H23NO2/c1-13-6-4-7-14(2)18(13)22-20-19-15(9-11-24-19)12-16-17(23)8-5-10-21(16,20)3/h4,6-7,9,11,16H,5,8,10,12H2,1-3H3/t16-,21+/m0/s1. The number of hydrogen-bond donors (Lipinski definition) is 0. The van der Waals surface area contributed by atoms with E-state index < -0.39 is 0 Å². The van der Waals surface area contributed by atoms with Crippen molar-refractivity contribution in [2.45, 2.75) is 46.5 Å². The largest absolute Gasteiger partial charge is 0.463 e. The van der Waals surface area contributed by atoms with Crippen LogP contribution >= 0.6 is 0 Å². The number of fused-ring (bicyclic) bond motifs is 2. The van der Waals surface area contributed by atoms with Crippen LogP contribution in [0.5, 0.6) is 0 Å². The molecule has 2 atom stereocenters. The predicted molar refractivity (Wildman–Crippen MR) is 95.0 cm³/mol. The number of ketones is 1. The highest BCUT2D eigenvalue weighted by Gasteiger charge is 2.50. The Morgan fingerprint density at radius 1 is 1.21 bits per heavy atom. The molecule has 0 saturated heterocycles. The van der Waals surface area contributed by atoms with E-state index in [4.69, 9.17) is 9.41 Å². The van der Waals surface area contributed by atoms with Crippen molar-refractivity contribution in [3.63, 3.8) is 0 Å². The first-order valence-electron chi connectivity index (χ1n) is 8.75. The van der Waals surface area contributed by atoms with Crippen molar-refractivity contribution in [3.05, 3.63) is 53.0 Å². The molecule has 124 valence electrons. The second-order valence-electron chi connectivity index (χ2n) is 7.47. The highest BCUT2D eigenvalue weighted by Crippen LogP contribution is 2.48. The van der Waals surface area contributed by atoms with Crippen LogP contribution in [-0.4, -0.2) is 11.5 Å². The molecule has 3 heteroatoms. The van der Waals surface area contributed by atoms with Gasteiger partial charge in [0.15, 0.2) is 5.76 Å². The van der Waals surface area contributed by atoms with Crippen molar-refractivity contribution in [2.75, 3.05) is 0 Å². The zero-order valence-corrected chi connectivity index (χ0v) is 14.6. The van der Waals surface area contributed by atoms with Crippen LogP contribution in [0, 0.1) is 25.2 Å². The van der Waals surface area contributed by atoms with Gasteiger partial charge in [0.1, 0.15) is 5.78 Å². The van der Waals surface area contributed by atoms with E-state index in [2.05, 4.69) is 39.0 Å². The fraction of sp³-hybridized carbons (Fsp3) is 0.429. The number of para-hydroxylation sites is 1. The Labute approximate surface area is 142 Å². The first-order valence-corrected chi connectivity index (χ1v) is 8.75. The second-order valence-corrected chi connectivity index (χ2v) is 7.47. The lowest BCUT2D eigenvalue weighted by Crippen LogP contribution is -2.47. The summed E-state index contributed by atoms with van der Waals surface area (Å²) in [6.07, 6.45) is 5.15. The molecule has 1 heterocycles. The summed E-state index contributed by atoms with van der Waals surface area (Å²) in [6.45, 7) is 6.38. The van der Waals surface area contributed by atoms with Crippen LogP contribution in [0.1, 0.15) is 48.6 Å². The number of rotatable bonds is 1. The van der Waals surface area contributed by atoms with Crippen LogP contribution in [-0.2, 0) is 11.2 Å². The van der Waals surface area contributed by atoms with Gasteiger partial charge in [0.25, 0.3) is 0 Å². The number of benzene rings is 1. The number of nitrogens with zero attached hydrogens (tertiary/aromatic N) is 1. The lowest BCUT2D eigenvalue weighted by molar-refractivity contribution is -0.128. The minimum absolute atomic E-state index is 0.0272. The van der Waals surface area contributed by atoms with E-state index >= 15 is 0 Å². The van der Waals surface area contributed by atoms with Gasteiger partial charge in [0.05, 0.1) is 17.7 Å². The quantitative estimate of drug-likeness (QED) is 0.746. The Kier molecular flexibility index (Phi) is 3.48. The Balaban J connectivity index is 1.95. The smallest absolute Gasteiger partial charge is 0.151 e. The maximum absolute atomic E-state index is 12.6. The zero-order valence-electron chi connectivity index (χ0n) is 14.6. The van der Waals surface area contributed by atoms with Crippen molar-refractivity contribution in [1.82, 2.24) is 0 Å². The normalized spacial score (nSPS) is 27.9. The third-order valence-electron chi connectivity index (χ3n) is 5.87. The topological polar surface area (TPSA) is 42.6 Å². The van der Waals surface area contributed by atoms with Crippen LogP contribution in [0.15, 0.2) is 39.9 Å². The molecule has 1 aromatic carbocycles. The number of carbonyl (C=O) groups excluding carboxylic acids is 1. The fourth-order valence-corrected chi connectivity index (χ4v) is 4.41. The molecule has 3 nitrogen and oxygen atoms in total. The lowest BCUT2D eigenvalue weighted by atomic mass is 9.59. The van der Waals surface area contributed by atoms with E-state index in [9.17, 15) is 4.79 Å². The number of carbonyl (C=O) groups is 1. The van der Waals surface area contributed by atoms with Gasteiger partial charge < -0.3 is 4.42 Å². The molecule has 1 saturated carbocycles. The summed E-state index contributed by atoms with van der Waals surface area (Å²) in [4.78, 5) is 17.7. The third-order valence-corrected chi connectivity index (χ3v) is 5.87. The summed E-state index contributed by atoms with van der Waals surface area (Å²) in [5, 5.41) is 0. The number of hydrogen-bond acceptors (Lipinski definition) is 3. The summed E-state index contributed by atoms with van der Waals surface area (Å²) < 4.78 is 5.83. The summed E-state index contributed by atoms with van der Waals surface area (Å²) in [6, 6.07) is 8.23. The molecule has 1 fully saturated rings. The maximum atomic E-state index is 12.6. The Bertz CT molecular complexity index is 825. The van der Waals surface area contributed by atoms with Crippen molar-refractivity contribution >= 4 is 17.2 Å².